The van der Waals surface area contributed by atoms with Crippen LogP contribution >= 0.6 is 0 Å². The van der Waals surface area contributed by atoms with Crippen LogP contribution in [0.2, 0.25) is 0 Å². The molecule has 21 heavy (non-hydrogen) atoms. The van der Waals surface area contributed by atoms with Crippen LogP contribution in [0, 0.1) is 12.3 Å². The van der Waals surface area contributed by atoms with Gasteiger partial charge in [0.25, 0.3) is 0 Å². The van der Waals surface area contributed by atoms with E-state index in [1.807, 2.05) is 6.92 Å². The fraction of sp³-hybridized carbons (Fsp3) is 0.571. The zero-order chi connectivity index (χ0) is 15.6. The van der Waals surface area contributed by atoms with Gasteiger partial charge in [0.05, 0.1) is 32.1 Å². The van der Waals surface area contributed by atoms with E-state index < -0.39 is 17.4 Å². The Kier molecular flexibility index (Phi) is 4.22. The zero-order valence-electron chi connectivity index (χ0n) is 12.4. The molecule has 0 spiro atoms. The van der Waals surface area contributed by atoms with Crippen LogP contribution in [-0.4, -0.2) is 48.3 Å². The van der Waals surface area contributed by atoms with E-state index in [9.17, 15) is 14.7 Å². The fourth-order valence-corrected chi connectivity index (χ4v) is 2.25. The maximum atomic E-state index is 12.2. The van der Waals surface area contributed by atoms with E-state index in [0.29, 0.717) is 6.54 Å². The Morgan fingerprint density at radius 1 is 1.57 bits per heavy atom. The van der Waals surface area contributed by atoms with E-state index >= 15 is 0 Å². The number of nitrogens with zero attached hydrogens (tertiary/aromatic N) is 1. The number of rotatable bonds is 4. The molecule has 2 atom stereocenters. The molecule has 1 aromatic rings. The Hall–Kier alpha value is -2.02. The molecule has 7 heteroatoms. The Bertz CT molecular complexity index is 541. The highest BCUT2D eigenvalue weighted by Crippen LogP contribution is 2.28. The first-order chi connectivity index (χ1) is 9.84. The molecule has 0 aromatic carbocycles. The van der Waals surface area contributed by atoms with Gasteiger partial charge in [-0.25, -0.2) is 4.79 Å². The molecule has 2 amide bonds. The first kappa shape index (κ1) is 15.4. The molecule has 2 unspecified atom stereocenters. The van der Waals surface area contributed by atoms with Crippen LogP contribution in [-0.2, 0) is 16.1 Å². The van der Waals surface area contributed by atoms with Gasteiger partial charge in [-0.05, 0) is 19.9 Å². The molecule has 0 radical (unpaired) electrons. The number of carboxylic acid groups (broad SMARTS) is 1. The second-order valence-electron chi connectivity index (χ2n) is 5.60. The largest absolute Gasteiger partial charge is 0.481 e. The van der Waals surface area contributed by atoms with Crippen LogP contribution in [0.1, 0.15) is 18.2 Å². The second kappa shape index (κ2) is 5.77. The first-order valence-electron chi connectivity index (χ1n) is 6.70. The quantitative estimate of drug-likeness (QED) is 0.871. The van der Waals surface area contributed by atoms with Crippen molar-refractivity contribution in [2.24, 2.45) is 5.41 Å². The third-order valence-corrected chi connectivity index (χ3v) is 3.96. The summed E-state index contributed by atoms with van der Waals surface area (Å²) >= 11 is 0. The standard InChI is InChI=1S/C14H20N2O5/c1-9-10(4-5-21-9)6-16(3)13(19)15-11-7-20-8-14(11,2)12(17)18/h4-5,11H,6-8H2,1-3H3,(H,15,19)(H,17,18). The van der Waals surface area contributed by atoms with Gasteiger partial charge < -0.3 is 24.5 Å². The Balaban J connectivity index is 1.98. The SMILES string of the molecule is Cc1occc1CN(C)C(=O)NC1COCC1(C)C(=O)O. The van der Waals surface area contributed by atoms with Gasteiger partial charge >= 0.3 is 12.0 Å². The summed E-state index contributed by atoms with van der Waals surface area (Å²) in [5.41, 5.74) is -0.182. The van der Waals surface area contributed by atoms with Gasteiger partial charge in [-0.3, -0.25) is 4.79 Å². The second-order valence-corrected chi connectivity index (χ2v) is 5.60. The van der Waals surface area contributed by atoms with Gasteiger partial charge in [0.1, 0.15) is 11.2 Å². The van der Waals surface area contributed by atoms with Crippen LogP contribution in [0.25, 0.3) is 0 Å². The van der Waals surface area contributed by atoms with Crippen molar-refractivity contribution < 1.29 is 23.8 Å². The summed E-state index contributed by atoms with van der Waals surface area (Å²) in [6.45, 7) is 4.09. The minimum absolute atomic E-state index is 0.0951. The molecular weight excluding hydrogens is 276 g/mol. The summed E-state index contributed by atoms with van der Waals surface area (Å²) < 4.78 is 10.4. The number of aliphatic carboxylic acids is 1. The number of carboxylic acids is 1. The topological polar surface area (TPSA) is 92.0 Å². The number of furan rings is 1. The molecule has 1 saturated heterocycles. The number of aryl methyl sites for hydroxylation is 1. The van der Waals surface area contributed by atoms with Crippen LogP contribution in [0.15, 0.2) is 16.7 Å². The number of urea groups is 1. The highest BCUT2D eigenvalue weighted by Gasteiger charge is 2.47. The molecule has 1 fully saturated rings. The molecule has 0 aliphatic carbocycles. The van der Waals surface area contributed by atoms with Crippen molar-refractivity contribution in [3.05, 3.63) is 23.7 Å². The molecule has 1 aliphatic heterocycles. The molecule has 7 nitrogen and oxygen atoms in total. The molecule has 116 valence electrons. The number of nitrogens with one attached hydrogen (secondary N) is 1. The summed E-state index contributed by atoms with van der Waals surface area (Å²) in [7, 11) is 1.65. The minimum atomic E-state index is -1.10. The Morgan fingerprint density at radius 3 is 2.86 bits per heavy atom. The Morgan fingerprint density at radius 2 is 2.29 bits per heavy atom. The Labute approximate surface area is 122 Å². The average Bonchev–Trinajstić information content (AvgIpc) is 2.98. The summed E-state index contributed by atoms with van der Waals surface area (Å²) in [6.07, 6.45) is 1.57. The normalized spacial score (nSPS) is 24.8. The van der Waals surface area contributed by atoms with Crippen molar-refractivity contribution in [3.8, 4) is 0 Å². The van der Waals surface area contributed by atoms with Gasteiger partial charge in [0, 0.05) is 12.6 Å². The molecule has 0 bridgehead atoms. The van der Waals surface area contributed by atoms with E-state index in [2.05, 4.69) is 5.32 Å². The van der Waals surface area contributed by atoms with E-state index in [1.165, 1.54) is 4.90 Å². The van der Waals surface area contributed by atoms with E-state index in [0.717, 1.165) is 11.3 Å². The maximum absolute atomic E-state index is 12.2. The van der Waals surface area contributed by atoms with Crippen LogP contribution in [0.4, 0.5) is 4.79 Å². The van der Waals surface area contributed by atoms with Gasteiger partial charge in [0.15, 0.2) is 0 Å². The summed E-state index contributed by atoms with van der Waals surface area (Å²) in [6, 6.07) is 0.924. The third-order valence-electron chi connectivity index (χ3n) is 3.96. The van der Waals surface area contributed by atoms with E-state index in [4.69, 9.17) is 9.15 Å². The van der Waals surface area contributed by atoms with E-state index in [-0.39, 0.29) is 19.2 Å². The van der Waals surface area contributed by atoms with Crippen LogP contribution in [0.3, 0.4) is 0 Å². The number of amides is 2. The van der Waals surface area contributed by atoms with Crippen LogP contribution < -0.4 is 5.32 Å². The lowest BCUT2D eigenvalue weighted by atomic mass is 9.85. The molecular formula is C14H20N2O5. The first-order valence-corrected chi connectivity index (χ1v) is 6.70. The monoisotopic (exact) mass is 296 g/mol. The predicted octanol–water partition coefficient (Wildman–Crippen LogP) is 1.22. The predicted molar refractivity (Wildman–Crippen MR) is 73.8 cm³/mol. The summed E-state index contributed by atoms with van der Waals surface area (Å²) in [4.78, 5) is 25.0. The summed E-state index contributed by atoms with van der Waals surface area (Å²) in [5, 5.41) is 12.0. The van der Waals surface area contributed by atoms with Gasteiger partial charge in [-0.1, -0.05) is 0 Å². The van der Waals surface area contributed by atoms with E-state index in [1.54, 1.807) is 26.3 Å². The molecule has 1 aliphatic rings. The van der Waals surface area contributed by atoms with Gasteiger partial charge in [-0.15, -0.1) is 0 Å². The third kappa shape index (κ3) is 3.02. The fourth-order valence-electron chi connectivity index (χ4n) is 2.25. The lowest BCUT2D eigenvalue weighted by Crippen LogP contribution is -2.52. The molecule has 0 saturated carbocycles. The number of carbonyl (C=O) groups is 2. The number of hydrogen-bond acceptors (Lipinski definition) is 4. The lowest BCUT2D eigenvalue weighted by molar-refractivity contribution is -0.148. The molecule has 2 N–H and O–H groups in total. The van der Waals surface area contributed by atoms with Crippen LogP contribution in [0.5, 0.6) is 0 Å². The minimum Gasteiger partial charge on any atom is -0.481 e. The zero-order valence-corrected chi connectivity index (χ0v) is 12.4. The van der Waals surface area contributed by atoms with Gasteiger partial charge in [0.2, 0.25) is 0 Å². The summed E-state index contributed by atoms with van der Waals surface area (Å²) in [5.74, 6) is -0.215. The van der Waals surface area contributed by atoms with Crippen molar-refractivity contribution in [3.63, 3.8) is 0 Å². The van der Waals surface area contributed by atoms with Crippen molar-refractivity contribution in [1.29, 1.82) is 0 Å². The molecule has 2 heterocycles. The number of carbonyl (C=O) groups excluding carboxylic acids is 1. The van der Waals surface area contributed by atoms with Crippen molar-refractivity contribution in [2.75, 3.05) is 20.3 Å². The smallest absolute Gasteiger partial charge is 0.317 e. The van der Waals surface area contributed by atoms with Crippen molar-refractivity contribution in [2.45, 2.75) is 26.4 Å². The van der Waals surface area contributed by atoms with Crippen molar-refractivity contribution >= 4 is 12.0 Å². The maximum Gasteiger partial charge on any atom is 0.317 e. The molecule has 2 rings (SSSR count). The number of hydrogen-bond donors (Lipinski definition) is 2. The molecule has 1 aromatic heterocycles. The average molecular weight is 296 g/mol. The lowest BCUT2D eigenvalue weighted by Gasteiger charge is -2.27. The van der Waals surface area contributed by atoms with Crippen molar-refractivity contribution in [1.82, 2.24) is 10.2 Å². The number of ether oxygens (including phenoxy) is 1. The highest BCUT2D eigenvalue weighted by molar-refractivity contribution is 5.79. The van der Waals surface area contributed by atoms with Gasteiger partial charge in [-0.2, -0.15) is 0 Å². The highest BCUT2D eigenvalue weighted by atomic mass is 16.5.